The van der Waals surface area contributed by atoms with E-state index in [1.807, 2.05) is 66.0 Å². The molecule has 4 N–H and O–H groups in total. The number of carbonyl (C=O) groups excluding carboxylic acids is 1. The molecule has 0 fully saturated rings. The number of quaternary nitrogens is 1. The van der Waals surface area contributed by atoms with Crippen LogP contribution in [0.4, 0.5) is 5.69 Å². The minimum Gasteiger partial charge on any atom is -1.00 e. The van der Waals surface area contributed by atoms with Crippen LogP contribution in [0.15, 0.2) is 70.5 Å². The Kier molecular flexibility index (Phi) is 9.38. The molecule has 0 unspecified atom stereocenters. The molecule has 0 saturated heterocycles. The Morgan fingerprint density at radius 2 is 1.63 bits per heavy atom. The zero-order valence-electron chi connectivity index (χ0n) is 23.0. The van der Waals surface area contributed by atoms with Crippen molar-refractivity contribution < 1.29 is 46.3 Å². The molecule has 5 aromatic rings. The van der Waals surface area contributed by atoms with Crippen molar-refractivity contribution in [3.63, 3.8) is 0 Å². The molecule has 214 valence electrons. The molecule has 0 aliphatic heterocycles. The van der Waals surface area contributed by atoms with Crippen LogP contribution < -0.4 is 42.4 Å². The number of nitrogens with zero attached hydrogens (tertiary/aromatic N) is 1. The first-order valence-corrected chi connectivity index (χ1v) is 13.3. The van der Waals surface area contributed by atoms with E-state index in [0.717, 1.165) is 33.4 Å². The van der Waals surface area contributed by atoms with E-state index in [9.17, 15) is 4.79 Å². The molecule has 41 heavy (non-hydrogen) atoms. The first-order chi connectivity index (χ1) is 19.4. The van der Waals surface area contributed by atoms with Crippen LogP contribution >= 0.6 is 11.5 Å². The standard InChI is InChI=1S/C30H29N3O6S.ClH/c1-35-25-10-9-17(21-16-40-33-28(21)19-13-26(36-2)29(38-4)27(14-19)37-3)12-23(25)32-30(34)22(31)15-20-11-18-7-5-6-8-24(18)39-20;/h5-14,16,22H,15,31H2,1-4H3,(H,32,34);1H/t22-;/m1./s1. The average molecular weight is 596 g/mol. The van der Waals surface area contributed by atoms with E-state index in [4.69, 9.17) is 23.4 Å². The van der Waals surface area contributed by atoms with Gasteiger partial charge in [0.05, 0.1) is 46.2 Å². The highest BCUT2D eigenvalue weighted by molar-refractivity contribution is 7.04. The monoisotopic (exact) mass is 595 g/mol. The number of ether oxygens (including phenoxy) is 4. The number of para-hydroxylation sites is 1. The van der Waals surface area contributed by atoms with Crippen LogP contribution in [-0.4, -0.2) is 44.8 Å². The van der Waals surface area contributed by atoms with E-state index in [1.165, 1.54) is 11.5 Å². The molecule has 9 nitrogen and oxygen atoms in total. The summed E-state index contributed by atoms with van der Waals surface area (Å²) in [4.78, 5) is 13.2. The summed E-state index contributed by atoms with van der Waals surface area (Å²) in [6, 6.07) is 18.4. The van der Waals surface area contributed by atoms with E-state index in [-0.39, 0.29) is 18.3 Å². The highest BCUT2D eigenvalue weighted by Gasteiger charge is 2.23. The SMILES string of the molecule is COc1ccc(-c2csnc2-c2cc(OC)c(OC)c(OC)c2)cc1NC(=O)[C@H]([NH3+])Cc1cc2ccccc2o1.[Cl-]. The predicted molar refractivity (Wildman–Crippen MR) is 154 cm³/mol. The summed E-state index contributed by atoms with van der Waals surface area (Å²) in [6.45, 7) is 0. The van der Waals surface area contributed by atoms with Gasteiger partial charge >= 0.3 is 0 Å². The minimum atomic E-state index is -0.577. The Labute approximate surface area is 247 Å². The average Bonchev–Trinajstić information content (AvgIpc) is 3.63. The molecule has 0 aliphatic rings. The smallest absolute Gasteiger partial charge is 0.283 e. The van der Waals surface area contributed by atoms with Crippen LogP contribution in [0.2, 0.25) is 0 Å². The molecule has 11 heteroatoms. The van der Waals surface area contributed by atoms with Gasteiger partial charge in [-0.1, -0.05) is 24.3 Å². The summed E-state index contributed by atoms with van der Waals surface area (Å²) in [5.41, 5.74) is 8.67. The van der Waals surface area contributed by atoms with Gasteiger partial charge in [-0.15, -0.1) is 0 Å². The number of hydrogen-bond acceptors (Lipinski definition) is 8. The molecular weight excluding hydrogens is 566 g/mol. The van der Waals surface area contributed by atoms with Gasteiger partial charge in [0, 0.05) is 21.9 Å². The lowest BCUT2D eigenvalue weighted by Gasteiger charge is -2.15. The van der Waals surface area contributed by atoms with E-state index < -0.39 is 6.04 Å². The summed E-state index contributed by atoms with van der Waals surface area (Å²) in [5, 5.41) is 5.94. The molecule has 0 radical (unpaired) electrons. The quantitative estimate of drug-likeness (QED) is 0.254. The van der Waals surface area contributed by atoms with E-state index in [0.29, 0.717) is 40.9 Å². The van der Waals surface area contributed by atoms with Crippen molar-refractivity contribution in [2.75, 3.05) is 33.8 Å². The first-order valence-electron chi connectivity index (χ1n) is 12.5. The van der Waals surface area contributed by atoms with Gasteiger partial charge < -0.3 is 46.8 Å². The number of benzene rings is 3. The molecule has 1 amide bonds. The molecule has 0 aliphatic carbocycles. The third kappa shape index (κ3) is 6.09. The number of anilines is 1. The summed E-state index contributed by atoms with van der Waals surface area (Å²) >= 11 is 1.33. The molecule has 3 aromatic carbocycles. The van der Waals surface area contributed by atoms with Gasteiger partial charge in [-0.3, -0.25) is 4.79 Å². The Morgan fingerprint density at radius 1 is 0.927 bits per heavy atom. The largest absolute Gasteiger partial charge is 1.00 e. The minimum absolute atomic E-state index is 0. The summed E-state index contributed by atoms with van der Waals surface area (Å²) in [5.74, 6) is 2.56. The van der Waals surface area contributed by atoms with Gasteiger partial charge in [0.1, 0.15) is 17.1 Å². The first kappa shape index (κ1) is 29.7. The molecule has 0 bridgehead atoms. The Morgan fingerprint density at radius 3 is 2.29 bits per heavy atom. The molecule has 2 aromatic heterocycles. The van der Waals surface area contributed by atoms with Crippen LogP contribution in [0.25, 0.3) is 33.4 Å². The van der Waals surface area contributed by atoms with E-state index in [2.05, 4.69) is 15.4 Å². The van der Waals surface area contributed by atoms with E-state index >= 15 is 0 Å². The van der Waals surface area contributed by atoms with Crippen LogP contribution in [0.3, 0.4) is 0 Å². The Balaban J connectivity index is 0.00000387. The molecular formula is C30H30ClN3O6S. The topological polar surface area (TPSA) is 120 Å². The highest BCUT2D eigenvalue weighted by Crippen LogP contribution is 2.44. The second-order valence-corrected chi connectivity index (χ2v) is 9.68. The van der Waals surface area contributed by atoms with Gasteiger partial charge in [0.2, 0.25) is 5.75 Å². The van der Waals surface area contributed by atoms with Crippen molar-refractivity contribution in [2.24, 2.45) is 0 Å². The van der Waals surface area contributed by atoms with Crippen molar-refractivity contribution in [1.29, 1.82) is 0 Å². The zero-order chi connectivity index (χ0) is 28.2. The third-order valence-corrected chi connectivity index (χ3v) is 7.20. The number of hydrogen-bond donors (Lipinski definition) is 2. The number of halogens is 1. The number of rotatable bonds is 10. The molecule has 0 saturated carbocycles. The summed E-state index contributed by atoms with van der Waals surface area (Å²) in [7, 11) is 6.28. The van der Waals surface area contributed by atoms with Crippen LogP contribution in [0.1, 0.15) is 5.76 Å². The maximum Gasteiger partial charge on any atom is 0.283 e. The van der Waals surface area contributed by atoms with Gasteiger partial charge in [-0.2, -0.15) is 4.37 Å². The number of fused-ring (bicyclic) bond motifs is 1. The van der Waals surface area contributed by atoms with Crippen molar-refractivity contribution in [1.82, 2.24) is 4.37 Å². The maximum atomic E-state index is 13.2. The van der Waals surface area contributed by atoms with Gasteiger partial charge in [-0.05, 0) is 53.5 Å². The predicted octanol–water partition coefficient (Wildman–Crippen LogP) is 2.05. The number of nitrogens with one attached hydrogen (secondary N) is 1. The normalized spacial score (nSPS) is 11.4. The number of aromatic nitrogens is 1. The second-order valence-electron chi connectivity index (χ2n) is 9.05. The fourth-order valence-electron chi connectivity index (χ4n) is 4.55. The lowest BCUT2D eigenvalue weighted by atomic mass is 10.0. The fourth-order valence-corrected chi connectivity index (χ4v) is 5.26. The Hall–Kier alpha value is -4.25. The van der Waals surface area contributed by atoms with Crippen molar-refractivity contribution in [3.8, 4) is 45.4 Å². The van der Waals surface area contributed by atoms with Crippen molar-refractivity contribution in [3.05, 3.63) is 71.8 Å². The van der Waals surface area contributed by atoms with Crippen LogP contribution in [0.5, 0.6) is 23.0 Å². The van der Waals surface area contributed by atoms with Crippen molar-refractivity contribution in [2.45, 2.75) is 12.5 Å². The van der Waals surface area contributed by atoms with Crippen molar-refractivity contribution >= 4 is 34.1 Å². The summed E-state index contributed by atoms with van der Waals surface area (Å²) in [6.07, 6.45) is 0.363. The lowest BCUT2D eigenvalue weighted by molar-refractivity contribution is -0.402. The van der Waals surface area contributed by atoms with E-state index in [1.54, 1.807) is 28.4 Å². The van der Waals surface area contributed by atoms with Gasteiger partial charge in [-0.25, -0.2) is 0 Å². The fraction of sp³-hybridized carbons (Fsp3) is 0.200. The number of amides is 1. The lowest BCUT2D eigenvalue weighted by Crippen LogP contribution is -3.00. The number of carbonyl (C=O) groups is 1. The van der Waals surface area contributed by atoms with Crippen LogP contribution in [0, 0.1) is 0 Å². The highest BCUT2D eigenvalue weighted by atomic mass is 35.5. The maximum absolute atomic E-state index is 13.2. The second kappa shape index (κ2) is 12.9. The third-order valence-electron chi connectivity index (χ3n) is 6.57. The van der Waals surface area contributed by atoms with Crippen LogP contribution in [-0.2, 0) is 11.2 Å². The summed E-state index contributed by atoms with van der Waals surface area (Å²) < 4.78 is 32.6. The Bertz CT molecular complexity index is 1610. The van der Waals surface area contributed by atoms with Gasteiger partial charge in [0.15, 0.2) is 17.5 Å². The zero-order valence-corrected chi connectivity index (χ0v) is 24.6. The number of furan rings is 1. The molecule has 0 spiro atoms. The number of methoxy groups -OCH3 is 4. The molecule has 1 atom stereocenters. The molecule has 5 rings (SSSR count). The molecule has 2 heterocycles. The van der Waals surface area contributed by atoms with Gasteiger partial charge in [0.25, 0.3) is 5.91 Å².